The molecule has 0 aliphatic carbocycles. The molecule has 0 aromatic heterocycles. The summed E-state index contributed by atoms with van der Waals surface area (Å²) in [7, 11) is 0. The Bertz CT molecular complexity index is 556. The fraction of sp³-hybridized carbons (Fsp3) is 0.333. The normalized spacial score (nSPS) is 12.1. The number of hydrogen-bond donors (Lipinski definition) is 1. The predicted octanol–water partition coefficient (Wildman–Crippen LogP) is 3.73. The highest BCUT2D eigenvalue weighted by Gasteiger charge is 2.09. The summed E-state index contributed by atoms with van der Waals surface area (Å²) in [5.41, 5.74) is 8.04. The zero-order chi connectivity index (χ0) is 15.1. The van der Waals surface area contributed by atoms with Gasteiger partial charge in [0.1, 0.15) is 11.6 Å². The van der Waals surface area contributed by atoms with E-state index >= 15 is 0 Å². The number of rotatable bonds is 7. The standard InChI is InChI=1S/C18H22FNO/c1-2-17(20)13-15-12-16(19)8-9-18(15)21-11-10-14-6-4-3-5-7-14/h3-9,12,17H,2,10-11,13,20H2,1H3. The summed E-state index contributed by atoms with van der Waals surface area (Å²) in [6.45, 7) is 2.60. The summed E-state index contributed by atoms with van der Waals surface area (Å²) in [6, 6.07) is 14.8. The van der Waals surface area contributed by atoms with Crippen LogP contribution in [0.5, 0.6) is 5.75 Å². The molecule has 2 aromatic rings. The van der Waals surface area contributed by atoms with E-state index in [-0.39, 0.29) is 11.9 Å². The van der Waals surface area contributed by atoms with Crippen molar-refractivity contribution >= 4 is 0 Å². The first-order chi connectivity index (χ1) is 10.2. The lowest BCUT2D eigenvalue weighted by Gasteiger charge is -2.14. The Morgan fingerprint density at radius 3 is 2.62 bits per heavy atom. The molecule has 21 heavy (non-hydrogen) atoms. The lowest BCUT2D eigenvalue weighted by Crippen LogP contribution is -2.22. The molecule has 0 aliphatic rings. The first kappa shape index (κ1) is 15.5. The van der Waals surface area contributed by atoms with Crippen molar-refractivity contribution in [3.8, 4) is 5.75 Å². The van der Waals surface area contributed by atoms with E-state index in [9.17, 15) is 4.39 Å². The van der Waals surface area contributed by atoms with Crippen LogP contribution in [-0.4, -0.2) is 12.6 Å². The van der Waals surface area contributed by atoms with Gasteiger partial charge in [-0.15, -0.1) is 0 Å². The molecule has 0 radical (unpaired) electrons. The van der Waals surface area contributed by atoms with Crippen molar-refractivity contribution in [3.63, 3.8) is 0 Å². The smallest absolute Gasteiger partial charge is 0.123 e. The third-order valence-corrected chi connectivity index (χ3v) is 3.52. The van der Waals surface area contributed by atoms with Crippen LogP contribution < -0.4 is 10.5 Å². The zero-order valence-electron chi connectivity index (χ0n) is 12.4. The Kier molecular flexibility index (Phi) is 5.76. The van der Waals surface area contributed by atoms with Gasteiger partial charge in [-0.3, -0.25) is 0 Å². The minimum absolute atomic E-state index is 0.0308. The molecule has 112 valence electrons. The number of hydrogen-bond acceptors (Lipinski definition) is 2. The van der Waals surface area contributed by atoms with E-state index < -0.39 is 0 Å². The van der Waals surface area contributed by atoms with E-state index in [4.69, 9.17) is 10.5 Å². The number of halogens is 1. The third kappa shape index (κ3) is 4.87. The summed E-state index contributed by atoms with van der Waals surface area (Å²) in [5.74, 6) is 0.486. The molecule has 2 nitrogen and oxygen atoms in total. The van der Waals surface area contributed by atoms with Crippen LogP contribution in [0.1, 0.15) is 24.5 Å². The van der Waals surface area contributed by atoms with Gasteiger partial charge < -0.3 is 10.5 Å². The van der Waals surface area contributed by atoms with Gasteiger partial charge in [-0.05, 0) is 42.2 Å². The van der Waals surface area contributed by atoms with Crippen LogP contribution in [0.15, 0.2) is 48.5 Å². The summed E-state index contributed by atoms with van der Waals surface area (Å²) in [6.07, 6.45) is 2.33. The molecule has 2 aromatic carbocycles. The summed E-state index contributed by atoms with van der Waals surface area (Å²) in [4.78, 5) is 0. The molecule has 0 saturated heterocycles. The lowest BCUT2D eigenvalue weighted by atomic mass is 10.0. The molecule has 0 spiro atoms. The van der Waals surface area contributed by atoms with Gasteiger partial charge in [0, 0.05) is 12.5 Å². The Morgan fingerprint density at radius 1 is 1.14 bits per heavy atom. The van der Waals surface area contributed by atoms with Gasteiger partial charge in [-0.25, -0.2) is 4.39 Å². The van der Waals surface area contributed by atoms with E-state index in [1.54, 1.807) is 6.07 Å². The largest absolute Gasteiger partial charge is 0.493 e. The zero-order valence-corrected chi connectivity index (χ0v) is 12.4. The first-order valence-corrected chi connectivity index (χ1v) is 7.39. The molecule has 1 unspecified atom stereocenters. The van der Waals surface area contributed by atoms with Crippen molar-refractivity contribution < 1.29 is 9.13 Å². The first-order valence-electron chi connectivity index (χ1n) is 7.39. The van der Waals surface area contributed by atoms with E-state index in [1.807, 2.05) is 25.1 Å². The Hall–Kier alpha value is -1.87. The van der Waals surface area contributed by atoms with Crippen LogP contribution in [-0.2, 0) is 12.8 Å². The maximum Gasteiger partial charge on any atom is 0.123 e. The molecular formula is C18H22FNO. The van der Waals surface area contributed by atoms with E-state index in [0.29, 0.717) is 13.0 Å². The SMILES string of the molecule is CCC(N)Cc1cc(F)ccc1OCCc1ccccc1. The fourth-order valence-corrected chi connectivity index (χ4v) is 2.20. The third-order valence-electron chi connectivity index (χ3n) is 3.52. The van der Waals surface area contributed by atoms with Crippen LogP contribution in [0.25, 0.3) is 0 Å². The van der Waals surface area contributed by atoms with E-state index in [2.05, 4.69) is 12.1 Å². The summed E-state index contributed by atoms with van der Waals surface area (Å²) < 4.78 is 19.2. The Morgan fingerprint density at radius 2 is 1.90 bits per heavy atom. The van der Waals surface area contributed by atoms with Crippen molar-refractivity contribution in [2.75, 3.05) is 6.61 Å². The van der Waals surface area contributed by atoms with Gasteiger partial charge in [0.2, 0.25) is 0 Å². The van der Waals surface area contributed by atoms with Crippen LogP contribution in [0, 0.1) is 5.82 Å². The second-order valence-electron chi connectivity index (χ2n) is 5.21. The van der Waals surface area contributed by atoms with Crippen LogP contribution in [0.4, 0.5) is 4.39 Å². The fourth-order valence-electron chi connectivity index (χ4n) is 2.20. The number of benzene rings is 2. The molecule has 0 bridgehead atoms. The predicted molar refractivity (Wildman–Crippen MR) is 84.0 cm³/mol. The maximum atomic E-state index is 13.4. The Labute approximate surface area is 125 Å². The van der Waals surface area contributed by atoms with Crippen LogP contribution in [0.3, 0.4) is 0 Å². The number of nitrogens with two attached hydrogens (primary N) is 1. The molecule has 1 atom stereocenters. The van der Waals surface area contributed by atoms with Gasteiger partial charge >= 0.3 is 0 Å². The van der Waals surface area contributed by atoms with Gasteiger partial charge in [0.15, 0.2) is 0 Å². The minimum atomic E-state index is -0.247. The van der Waals surface area contributed by atoms with Crippen LogP contribution >= 0.6 is 0 Å². The average molecular weight is 287 g/mol. The summed E-state index contributed by atoms with van der Waals surface area (Å²) in [5, 5.41) is 0. The van der Waals surface area contributed by atoms with Gasteiger partial charge in [-0.2, -0.15) is 0 Å². The Balaban J connectivity index is 1.98. The molecule has 0 saturated carbocycles. The van der Waals surface area contributed by atoms with Gasteiger partial charge in [0.05, 0.1) is 6.61 Å². The van der Waals surface area contributed by atoms with Crippen molar-refractivity contribution in [1.29, 1.82) is 0 Å². The van der Waals surface area contributed by atoms with Gasteiger partial charge in [0.25, 0.3) is 0 Å². The molecule has 0 heterocycles. The topological polar surface area (TPSA) is 35.2 Å². The highest BCUT2D eigenvalue weighted by atomic mass is 19.1. The molecule has 2 rings (SSSR count). The second-order valence-corrected chi connectivity index (χ2v) is 5.21. The van der Waals surface area contributed by atoms with Crippen molar-refractivity contribution in [3.05, 3.63) is 65.5 Å². The lowest BCUT2D eigenvalue weighted by molar-refractivity contribution is 0.317. The quantitative estimate of drug-likeness (QED) is 0.842. The van der Waals surface area contributed by atoms with E-state index in [1.165, 1.54) is 17.7 Å². The van der Waals surface area contributed by atoms with Crippen molar-refractivity contribution in [2.24, 2.45) is 5.73 Å². The van der Waals surface area contributed by atoms with E-state index in [0.717, 1.165) is 24.2 Å². The second kappa shape index (κ2) is 7.79. The highest BCUT2D eigenvalue weighted by Crippen LogP contribution is 2.22. The molecule has 2 N–H and O–H groups in total. The molecule has 0 aliphatic heterocycles. The van der Waals surface area contributed by atoms with Crippen molar-refractivity contribution in [2.45, 2.75) is 32.2 Å². The molecule has 0 amide bonds. The minimum Gasteiger partial charge on any atom is -0.493 e. The summed E-state index contributed by atoms with van der Waals surface area (Å²) >= 11 is 0. The van der Waals surface area contributed by atoms with Gasteiger partial charge in [-0.1, -0.05) is 37.3 Å². The maximum absolute atomic E-state index is 13.4. The molecule has 3 heteroatoms. The number of ether oxygens (including phenoxy) is 1. The molecule has 0 fully saturated rings. The average Bonchev–Trinajstić information content (AvgIpc) is 2.50. The van der Waals surface area contributed by atoms with Crippen molar-refractivity contribution in [1.82, 2.24) is 0 Å². The highest BCUT2D eigenvalue weighted by molar-refractivity contribution is 5.34. The monoisotopic (exact) mass is 287 g/mol. The van der Waals surface area contributed by atoms with Crippen LogP contribution in [0.2, 0.25) is 0 Å². The molecular weight excluding hydrogens is 265 g/mol.